The van der Waals surface area contributed by atoms with Crippen LogP contribution in [0.3, 0.4) is 0 Å². The smallest absolute Gasteiger partial charge is 0.270 e. The molecule has 0 unspecified atom stereocenters. The van der Waals surface area contributed by atoms with Crippen LogP contribution in [-0.4, -0.2) is 45.9 Å². The molecule has 4 rings (SSSR count). The SMILES string of the molecule is O=C(NC1CCN(C2CCCCC2)CC1)c1ccc2cc[nH]c2n1. The monoisotopic (exact) mass is 326 g/mol. The molecule has 2 aliphatic rings. The highest BCUT2D eigenvalue weighted by atomic mass is 16.1. The number of hydrogen-bond donors (Lipinski definition) is 2. The summed E-state index contributed by atoms with van der Waals surface area (Å²) in [4.78, 5) is 22.6. The number of carbonyl (C=O) groups is 1. The van der Waals surface area contributed by atoms with Crippen molar-refractivity contribution in [3.05, 3.63) is 30.1 Å². The first kappa shape index (κ1) is 15.6. The number of H-pyrrole nitrogens is 1. The summed E-state index contributed by atoms with van der Waals surface area (Å²) in [6.07, 6.45) is 10.8. The van der Waals surface area contributed by atoms with E-state index in [1.54, 1.807) is 0 Å². The third-order valence-corrected chi connectivity index (χ3v) is 5.60. The molecule has 1 amide bonds. The Morgan fingerprint density at radius 1 is 1.08 bits per heavy atom. The van der Waals surface area contributed by atoms with Crippen molar-refractivity contribution >= 4 is 16.9 Å². The molecule has 0 spiro atoms. The number of piperidine rings is 1. The Morgan fingerprint density at radius 3 is 2.67 bits per heavy atom. The third-order valence-electron chi connectivity index (χ3n) is 5.60. The van der Waals surface area contributed by atoms with Crippen molar-refractivity contribution in [2.24, 2.45) is 0 Å². The number of pyridine rings is 1. The van der Waals surface area contributed by atoms with Gasteiger partial charge in [0.15, 0.2) is 0 Å². The molecule has 1 saturated heterocycles. The molecule has 1 saturated carbocycles. The first-order valence-corrected chi connectivity index (χ1v) is 9.29. The second kappa shape index (κ2) is 6.93. The number of likely N-dealkylation sites (tertiary alicyclic amines) is 1. The fourth-order valence-corrected chi connectivity index (χ4v) is 4.17. The number of aromatic amines is 1. The van der Waals surface area contributed by atoms with Crippen LogP contribution in [0.5, 0.6) is 0 Å². The summed E-state index contributed by atoms with van der Waals surface area (Å²) in [5.74, 6) is -0.0531. The zero-order valence-corrected chi connectivity index (χ0v) is 14.1. The molecule has 2 N–H and O–H groups in total. The molecule has 3 heterocycles. The maximum atomic E-state index is 12.5. The van der Waals surface area contributed by atoms with Gasteiger partial charge in [-0.25, -0.2) is 4.98 Å². The largest absolute Gasteiger partial charge is 0.348 e. The number of aromatic nitrogens is 2. The van der Waals surface area contributed by atoms with E-state index in [0.29, 0.717) is 5.69 Å². The van der Waals surface area contributed by atoms with Gasteiger partial charge in [0.1, 0.15) is 11.3 Å². The fraction of sp³-hybridized carbons (Fsp3) is 0.579. The Hall–Kier alpha value is -1.88. The molecule has 5 nitrogen and oxygen atoms in total. The Balaban J connectivity index is 1.32. The summed E-state index contributed by atoms with van der Waals surface area (Å²) >= 11 is 0. The van der Waals surface area contributed by atoms with Gasteiger partial charge in [0.2, 0.25) is 0 Å². The lowest BCUT2D eigenvalue weighted by molar-refractivity contribution is 0.0861. The minimum Gasteiger partial charge on any atom is -0.348 e. The van der Waals surface area contributed by atoms with E-state index < -0.39 is 0 Å². The fourth-order valence-electron chi connectivity index (χ4n) is 4.17. The van der Waals surface area contributed by atoms with Gasteiger partial charge in [-0.3, -0.25) is 4.79 Å². The van der Waals surface area contributed by atoms with Crippen LogP contribution in [0.1, 0.15) is 55.4 Å². The standard InChI is InChI=1S/C19H26N4O/c24-19(17-7-6-14-8-11-20-18(14)22-17)21-15-9-12-23(13-10-15)16-4-2-1-3-5-16/h6-8,11,15-16H,1-5,9-10,12-13H2,(H,20,22)(H,21,24). The topological polar surface area (TPSA) is 61.0 Å². The molecule has 0 atom stereocenters. The number of fused-ring (bicyclic) bond motifs is 1. The van der Waals surface area contributed by atoms with Gasteiger partial charge < -0.3 is 15.2 Å². The molecule has 0 bridgehead atoms. The molecule has 128 valence electrons. The highest BCUT2D eigenvalue weighted by molar-refractivity contribution is 5.94. The van der Waals surface area contributed by atoms with Crippen molar-refractivity contribution in [2.45, 2.75) is 57.0 Å². The molecular formula is C19H26N4O. The predicted octanol–water partition coefficient (Wildman–Crippen LogP) is 3.09. The zero-order valence-electron chi connectivity index (χ0n) is 14.1. The molecule has 0 radical (unpaired) electrons. The van der Waals surface area contributed by atoms with E-state index in [1.807, 2.05) is 24.4 Å². The van der Waals surface area contributed by atoms with Crippen LogP contribution in [-0.2, 0) is 0 Å². The maximum Gasteiger partial charge on any atom is 0.270 e. The lowest BCUT2D eigenvalue weighted by atomic mass is 9.92. The average Bonchev–Trinajstić information content (AvgIpc) is 3.11. The van der Waals surface area contributed by atoms with Crippen LogP contribution in [0.25, 0.3) is 11.0 Å². The van der Waals surface area contributed by atoms with E-state index in [9.17, 15) is 4.79 Å². The summed E-state index contributed by atoms with van der Waals surface area (Å²) < 4.78 is 0. The summed E-state index contributed by atoms with van der Waals surface area (Å²) in [6, 6.07) is 6.78. The molecule has 0 aromatic carbocycles. The second-order valence-corrected chi connectivity index (χ2v) is 7.19. The van der Waals surface area contributed by atoms with E-state index in [-0.39, 0.29) is 11.9 Å². The Labute approximate surface area is 142 Å². The van der Waals surface area contributed by atoms with Gasteiger partial charge >= 0.3 is 0 Å². The van der Waals surface area contributed by atoms with Crippen molar-refractivity contribution in [1.82, 2.24) is 20.2 Å². The molecule has 5 heteroatoms. The van der Waals surface area contributed by atoms with Crippen LogP contribution in [0.4, 0.5) is 0 Å². The quantitative estimate of drug-likeness (QED) is 0.911. The van der Waals surface area contributed by atoms with Gasteiger partial charge in [-0.2, -0.15) is 0 Å². The van der Waals surface area contributed by atoms with Crippen molar-refractivity contribution in [3.8, 4) is 0 Å². The summed E-state index contributed by atoms with van der Waals surface area (Å²) in [5, 5.41) is 4.21. The van der Waals surface area contributed by atoms with E-state index in [2.05, 4.69) is 20.2 Å². The van der Waals surface area contributed by atoms with E-state index >= 15 is 0 Å². The third kappa shape index (κ3) is 3.31. The van der Waals surface area contributed by atoms with Crippen molar-refractivity contribution in [1.29, 1.82) is 0 Å². The van der Waals surface area contributed by atoms with Gasteiger partial charge in [0, 0.05) is 36.8 Å². The van der Waals surface area contributed by atoms with Crippen LogP contribution in [0.15, 0.2) is 24.4 Å². The van der Waals surface area contributed by atoms with Gasteiger partial charge in [-0.05, 0) is 43.9 Å². The van der Waals surface area contributed by atoms with Gasteiger partial charge in [0.05, 0.1) is 0 Å². The Morgan fingerprint density at radius 2 is 1.88 bits per heavy atom. The van der Waals surface area contributed by atoms with Gasteiger partial charge in [-0.1, -0.05) is 19.3 Å². The number of rotatable bonds is 3. The maximum absolute atomic E-state index is 12.5. The van der Waals surface area contributed by atoms with E-state index in [1.165, 1.54) is 32.1 Å². The Kier molecular flexibility index (Phi) is 4.52. The number of carbonyl (C=O) groups excluding carboxylic acids is 1. The number of nitrogens with zero attached hydrogens (tertiary/aromatic N) is 2. The van der Waals surface area contributed by atoms with Crippen LogP contribution >= 0.6 is 0 Å². The van der Waals surface area contributed by atoms with Crippen molar-refractivity contribution in [2.75, 3.05) is 13.1 Å². The number of hydrogen-bond acceptors (Lipinski definition) is 3. The Bertz CT molecular complexity index is 696. The molecule has 1 aliphatic heterocycles. The number of nitrogens with one attached hydrogen (secondary N) is 2. The first-order chi connectivity index (χ1) is 11.8. The molecule has 2 aromatic heterocycles. The molecule has 2 aromatic rings. The zero-order chi connectivity index (χ0) is 16.4. The van der Waals surface area contributed by atoms with E-state index in [4.69, 9.17) is 0 Å². The predicted molar refractivity (Wildman–Crippen MR) is 95.0 cm³/mol. The van der Waals surface area contributed by atoms with Crippen LogP contribution in [0.2, 0.25) is 0 Å². The van der Waals surface area contributed by atoms with Crippen molar-refractivity contribution < 1.29 is 4.79 Å². The van der Waals surface area contributed by atoms with Crippen LogP contribution in [0, 0.1) is 0 Å². The molecule has 24 heavy (non-hydrogen) atoms. The highest BCUT2D eigenvalue weighted by Crippen LogP contribution is 2.25. The molecule has 2 fully saturated rings. The van der Waals surface area contributed by atoms with Gasteiger partial charge in [-0.15, -0.1) is 0 Å². The lowest BCUT2D eigenvalue weighted by Crippen LogP contribution is -2.48. The lowest BCUT2D eigenvalue weighted by Gasteiger charge is -2.39. The van der Waals surface area contributed by atoms with E-state index in [0.717, 1.165) is 43.0 Å². The first-order valence-electron chi connectivity index (χ1n) is 9.29. The second-order valence-electron chi connectivity index (χ2n) is 7.19. The van der Waals surface area contributed by atoms with Crippen molar-refractivity contribution in [3.63, 3.8) is 0 Å². The molecular weight excluding hydrogens is 300 g/mol. The highest BCUT2D eigenvalue weighted by Gasteiger charge is 2.27. The van der Waals surface area contributed by atoms with Crippen LogP contribution < -0.4 is 5.32 Å². The number of amides is 1. The minimum absolute atomic E-state index is 0.0531. The molecule has 1 aliphatic carbocycles. The average molecular weight is 326 g/mol. The van der Waals surface area contributed by atoms with Gasteiger partial charge in [0.25, 0.3) is 5.91 Å². The minimum atomic E-state index is -0.0531. The summed E-state index contributed by atoms with van der Waals surface area (Å²) in [6.45, 7) is 2.22. The summed E-state index contributed by atoms with van der Waals surface area (Å²) in [7, 11) is 0. The normalized spacial score (nSPS) is 21.2. The summed E-state index contributed by atoms with van der Waals surface area (Å²) in [5.41, 5.74) is 1.27.